The molecule has 5 nitrogen and oxygen atoms in total. The lowest BCUT2D eigenvalue weighted by Crippen LogP contribution is -2.37. The minimum Gasteiger partial charge on any atom is -0.317 e. The summed E-state index contributed by atoms with van der Waals surface area (Å²) < 4.78 is 28.7. The number of aromatic nitrogens is 2. The second-order valence-electron chi connectivity index (χ2n) is 6.82. The van der Waals surface area contributed by atoms with Crippen LogP contribution in [-0.2, 0) is 13.1 Å². The van der Waals surface area contributed by atoms with E-state index in [1.807, 2.05) is 0 Å². The first-order valence-electron chi connectivity index (χ1n) is 8.47. The summed E-state index contributed by atoms with van der Waals surface area (Å²) in [6, 6.07) is 4.97. The lowest BCUT2D eigenvalue weighted by Gasteiger charge is -2.23. The lowest BCUT2D eigenvalue weighted by atomic mass is 10.2. The second-order valence-corrected chi connectivity index (χ2v) is 6.82. The van der Waals surface area contributed by atoms with Crippen molar-refractivity contribution >= 4 is 11.8 Å². The van der Waals surface area contributed by atoms with Gasteiger partial charge in [0, 0.05) is 30.3 Å². The summed E-state index contributed by atoms with van der Waals surface area (Å²) >= 11 is 0. The Bertz CT molecular complexity index is 755. The zero-order chi connectivity index (χ0) is 18.0. The van der Waals surface area contributed by atoms with Crippen LogP contribution < -0.4 is 5.32 Å². The van der Waals surface area contributed by atoms with E-state index in [1.54, 1.807) is 21.8 Å². The summed E-state index contributed by atoms with van der Waals surface area (Å²) in [6.45, 7) is 4.95. The van der Waals surface area contributed by atoms with Crippen LogP contribution >= 0.6 is 0 Å². The number of carbonyl (C=O) groups is 1. The number of benzene rings is 1. The number of nitrogens with one attached hydrogen (secondary N) is 1. The number of nitrogens with zero attached hydrogens (tertiary/aromatic N) is 3. The van der Waals surface area contributed by atoms with Crippen molar-refractivity contribution in [3.63, 3.8) is 0 Å². The van der Waals surface area contributed by atoms with Gasteiger partial charge in [0.15, 0.2) is 0 Å². The van der Waals surface area contributed by atoms with Gasteiger partial charge in [0.25, 0.3) is 0 Å². The van der Waals surface area contributed by atoms with E-state index in [9.17, 15) is 13.6 Å². The fourth-order valence-electron chi connectivity index (χ4n) is 2.70. The monoisotopic (exact) mass is 348 g/mol. The van der Waals surface area contributed by atoms with Crippen LogP contribution in [0.2, 0.25) is 0 Å². The van der Waals surface area contributed by atoms with Gasteiger partial charge in [-0.3, -0.25) is 5.32 Å². The second kappa shape index (κ2) is 7.21. The molecule has 1 aliphatic carbocycles. The van der Waals surface area contributed by atoms with Gasteiger partial charge >= 0.3 is 6.03 Å². The van der Waals surface area contributed by atoms with Crippen molar-refractivity contribution in [1.29, 1.82) is 0 Å². The van der Waals surface area contributed by atoms with E-state index in [2.05, 4.69) is 24.3 Å². The highest BCUT2D eigenvalue weighted by Crippen LogP contribution is 2.29. The van der Waals surface area contributed by atoms with Gasteiger partial charge in [-0.05, 0) is 24.8 Å². The topological polar surface area (TPSA) is 50.2 Å². The van der Waals surface area contributed by atoms with E-state index < -0.39 is 11.6 Å². The molecule has 1 saturated carbocycles. The summed E-state index contributed by atoms with van der Waals surface area (Å²) in [5, 5.41) is 7.08. The van der Waals surface area contributed by atoms with Gasteiger partial charge in [-0.1, -0.05) is 19.9 Å². The van der Waals surface area contributed by atoms with Gasteiger partial charge in [0.2, 0.25) is 0 Å². The van der Waals surface area contributed by atoms with Crippen LogP contribution in [0.1, 0.15) is 32.3 Å². The third kappa shape index (κ3) is 4.35. The van der Waals surface area contributed by atoms with E-state index >= 15 is 0 Å². The van der Waals surface area contributed by atoms with Crippen LogP contribution in [0.15, 0.2) is 30.5 Å². The first kappa shape index (κ1) is 17.4. The van der Waals surface area contributed by atoms with Gasteiger partial charge in [-0.15, -0.1) is 0 Å². The van der Waals surface area contributed by atoms with Gasteiger partial charge in [-0.2, -0.15) is 5.10 Å². The normalized spacial score (nSPS) is 14.0. The number of urea groups is 1. The number of carbonyl (C=O) groups excluding carboxylic acids is 1. The summed E-state index contributed by atoms with van der Waals surface area (Å²) in [6.07, 6.45) is 3.42. The Kier molecular flexibility index (Phi) is 5.01. The summed E-state index contributed by atoms with van der Waals surface area (Å²) in [7, 11) is 0. The van der Waals surface area contributed by atoms with E-state index in [1.165, 1.54) is 12.1 Å². The van der Waals surface area contributed by atoms with E-state index in [0.717, 1.165) is 18.9 Å². The molecule has 0 saturated heterocycles. The summed E-state index contributed by atoms with van der Waals surface area (Å²) in [5.41, 5.74) is 0.305. The third-order valence-electron chi connectivity index (χ3n) is 4.09. The largest absolute Gasteiger partial charge is 0.323 e. The Morgan fingerprint density at radius 1 is 1.36 bits per heavy atom. The van der Waals surface area contributed by atoms with Gasteiger partial charge in [0.05, 0.1) is 12.7 Å². The molecule has 25 heavy (non-hydrogen) atoms. The fraction of sp³-hybridized carbons (Fsp3) is 0.444. The predicted molar refractivity (Wildman–Crippen MR) is 91.0 cm³/mol. The summed E-state index contributed by atoms with van der Waals surface area (Å²) in [4.78, 5) is 14.3. The molecule has 1 N–H and O–H groups in total. The predicted octanol–water partition coefficient (Wildman–Crippen LogP) is 4.01. The zero-order valence-electron chi connectivity index (χ0n) is 14.4. The maximum Gasteiger partial charge on any atom is 0.323 e. The molecule has 7 heteroatoms. The number of hydrogen-bond acceptors (Lipinski definition) is 2. The molecule has 0 bridgehead atoms. The van der Waals surface area contributed by atoms with Gasteiger partial charge in [-0.25, -0.2) is 18.3 Å². The fourth-order valence-corrected chi connectivity index (χ4v) is 2.70. The molecule has 0 radical (unpaired) electrons. The number of rotatable bonds is 6. The molecule has 1 aromatic heterocycles. The summed E-state index contributed by atoms with van der Waals surface area (Å²) in [5.74, 6) is -0.253. The maximum absolute atomic E-state index is 13.9. The average Bonchev–Trinajstić information content (AvgIpc) is 3.29. The Labute approximate surface area is 145 Å². The molecular formula is C18H22F2N4O. The van der Waals surface area contributed by atoms with Crippen molar-refractivity contribution in [2.75, 3.05) is 5.32 Å². The van der Waals surface area contributed by atoms with Gasteiger partial charge in [0.1, 0.15) is 17.5 Å². The van der Waals surface area contributed by atoms with Crippen LogP contribution in [0, 0.1) is 17.6 Å². The molecule has 134 valence electrons. The number of anilines is 1. The Balaban J connectivity index is 1.73. The van der Waals surface area contributed by atoms with Crippen LogP contribution in [0.4, 0.5) is 19.4 Å². The lowest BCUT2D eigenvalue weighted by molar-refractivity contribution is 0.205. The quantitative estimate of drug-likeness (QED) is 0.857. The highest BCUT2D eigenvalue weighted by molar-refractivity contribution is 5.88. The van der Waals surface area contributed by atoms with E-state index in [-0.39, 0.29) is 18.6 Å². The van der Waals surface area contributed by atoms with Crippen molar-refractivity contribution in [2.45, 2.75) is 45.8 Å². The van der Waals surface area contributed by atoms with Crippen LogP contribution in [0.5, 0.6) is 0 Å². The molecular weight excluding hydrogens is 326 g/mol. The zero-order valence-corrected chi connectivity index (χ0v) is 14.4. The molecule has 0 atom stereocenters. The average molecular weight is 348 g/mol. The third-order valence-corrected chi connectivity index (χ3v) is 4.09. The molecule has 1 fully saturated rings. The van der Waals surface area contributed by atoms with E-state index in [0.29, 0.717) is 23.8 Å². The Hall–Kier alpha value is -2.44. The molecule has 3 rings (SSSR count). The Morgan fingerprint density at radius 2 is 2.12 bits per heavy atom. The standard InChI is InChI=1S/C18H22F2N4O/c1-12(2)10-24-17(7-8-21-24)22-18(25)23(15-5-6-15)11-13-3-4-14(19)9-16(13)20/h3-4,7-9,12,15H,5-6,10-11H2,1-2H3,(H,22,25). The number of halogens is 2. The minimum absolute atomic E-state index is 0.0888. The molecule has 0 spiro atoms. The molecule has 1 heterocycles. The minimum atomic E-state index is -0.636. The highest BCUT2D eigenvalue weighted by atomic mass is 19.1. The molecule has 0 unspecified atom stereocenters. The first-order valence-corrected chi connectivity index (χ1v) is 8.47. The van der Waals surface area contributed by atoms with Crippen molar-refractivity contribution < 1.29 is 13.6 Å². The maximum atomic E-state index is 13.9. The van der Waals surface area contributed by atoms with Crippen molar-refractivity contribution in [2.24, 2.45) is 5.92 Å². The smallest absolute Gasteiger partial charge is 0.317 e. The molecule has 0 aliphatic heterocycles. The van der Waals surface area contributed by atoms with Gasteiger partial charge < -0.3 is 4.90 Å². The Morgan fingerprint density at radius 3 is 2.76 bits per heavy atom. The van der Waals surface area contributed by atoms with Crippen LogP contribution in [-0.4, -0.2) is 26.8 Å². The number of hydrogen-bond donors (Lipinski definition) is 1. The number of amides is 2. The van der Waals surface area contributed by atoms with Crippen LogP contribution in [0.25, 0.3) is 0 Å². The van der Waals surface area contributed by atoms with Crippen molar-refractivity contribution in [1.82, 2.24) is 14.7 Å². The SMILES string of the molecule is CC(C)Cn1nccc1NC(=O)N(Cc1ccc(F)cc1F)C1CC1. The molecule has 2 aromatic rings. The van der Waals surface area contributed by atoms with Crippen molar-refractivity contribution in [3.8, 4) is 0 Å². The van der Waals surface area contributed by atoms with E-state index in [4.69, 9.17) is 0 Å². The molecule has 1 aliphatic rings. The van der Waals surface area contributed by atoms with Crippen molar-refractivity contribution in [3.05, 3.63) is 47.7 Å². The molecule has 1 aromatic carbocycles. The first-order chi connectivity index (χ1) is 11.9. The highest BCUT2D eigenvalue weighted by Gasteiger charge is 2.33. The molecule has 2 amide bonds. The van der Waals surface area contributed by atoms with Crippen LogP contribution in [0.3, 0.4) is 0 Å².